The molecule has 0 fully saturated rings. The number of ether oxygens (including phenoxy) is 1. The van der Waals surface area contributed by atoms with Crippen LogP contribution < -0.4 is 4.90 Å². The van der Waals surface area contributed by atoms with E-state index in [1.165, 1.54) is 26.7 Å². The van der Waals surface area contributed by atoms with Crippen molar-refractivity contribution >= 4 is 28.9 Å². The Hall–Kier alpha value is -2.65. The lowest BCUT2D eigenvalue weighted by Gasteiger charge is -2.25. The molecule has 1 aliphatic carbocycles. The van der Waals surface area contributed by atoms with Gasteiger partial charge >= 0.3 is 5.97 Å². The fraction of sp³-hybridized carbons (Fsp3) is 0.409. The zero-order valence-corrected chi connectivity index (χ0v) is 17.0. The van der Waals surface area contributed by atoms with E-state index in [9.17, 15) is 9.59 Å². The molecule has 2 atom stereocenters. The zero-order valence-electron chi connectivity index (χ0n) is 16.2. The fourth-order valence-corrected chi connectivity index (χ4v) is 4.52. The number of hydrogen-bond donors (Lipinski definition) is 0. The minimum atomic E-state index is -0.926. The van der Waals surface area contributed by atoms with Crippen molar-refractivity contribution in [3.05, 3.63) is 51.7 Å². The SMILES string of the molecule is C[C@@H]1CCc2sc(C(=O)O[C@@H](C)C(=O)N(CCC#N)c3ccccc3)cc2C1. The predicted molar refractivity (Wildman–Crippen MR) is 109 cm³/mol. The lowest BCUT2D eigenvalue weighted by Crippen LogP contribution is -2.40. The molecule has 0 spiro atoms. The van der Waals surface area contributed by atoms with Gasteiger partial charge in [0, 0.05) is 17.1 Å². The monoisotopic (exact) mass is 396 g/mol. The highest BCUT2D eigenvalue weighted by Crippen LogP contribution is 2.32. The van der Waals surface area contributed by atoms with Crippen LogP contribution in [0.4, 0.5) is 5.69 Å². The number of anilines is 1. The van der Waals surface area contributed by atoms with E-state index in [1.54, 1.807) is 19.1 Å². The predicted octanol–water partition coefficient (Wildman–Crippen LogP) is 4.37. The Labute approximate surface area is 169 Å². The lowest BCUT2D eigenvalue weighted by atomic mass is 9.90. The summed E-state index contributed by atoms with van der Waals surface area (Å²) in [4.78, 5) is 28.8. The summed E-state index contributed by atoms with van der Waals surface area (Å²) in [5.41, 5.74) is 1.92. The highest BCUT2D eigenvalue weighted by atomic mass is 32.1. The molecular formula is C22H24N2O3S. The Morgan fingerprint density at radius 3 is 2.82 bits per heavy atom. The minimum Gasteiger partial charge on any atom is -0.448 e. The number of esters is 1. The second-order valence-corrected chi connectivity index (χ2v) is 8.32. The van der Waals surface area contributed by atoms with Crippen molar-refractivity contribution in [2.45, 2.75) is 45.6 Å². The van der Waals surface area contributed by atoms with Crippen molar-refractivity contribution < 1.29 is 14.3 Å². The van der Waals surface area contributed by atoms with Gasteiger partial charge in [-0.15, -0.1) is 11.3 Å². The molecule has 0 saturated carbocycles. The average molecular weight is 397 g/mol. The zero-order chi connectivity index (χ0) is 20.1. The van der Waals surface area contributed by atoms with Gasteiger partial charge in [0.15, 0.2) is 6.10 Å². The number of aryl methyl sites for hydroxylation is 1. The maximum Gasteiger partial charge on any atom is 0.349 e. The first-order valence-corrected chi connectivity index (χ1v) is 10.4. The molecule has 3 rings (SSSR count). The summed E-state index contributed by atoms with van der Waals surface area (Å²) >= 11 is 1.48. The molecule has 0 unspecified atom stereocenters. The van der Waals surface area contributed by atoms with Crippen LogP contribution in [0.1, 0.15) is 46.8 Å². The Balaban J connectivity index is 1.70. The molecule has 0 saturated heterocycles. The number of carbonyl (C=O) groups excluding carboxylic acids is 2. The summed E-state index contributed by atoms with van der Waals surface area (Å²) in [5, 5.41) is 8.90. The lowest BCUT2D eigenvalue weighted by molar-refractivity contribution is -0.126. The highest BCUT2D eigenvalue weighted by molar-refractivity contribution is 7.14. The molecule has 146 valence electrons. The first kappa shape index (κ1) is 20.1. The first-order valence-electron chi connectivity index (χ1n) is 9.55. The Kier molecular flexibility index (Phi) is 6.48. The molecule has 1 aliphatic rings. The summed E-state index contributed by atoms with van der Waals surface area (Å²) < 4.78 is 5.48. The average Bonchev–Trinajstić information content (AvgIpc) is 3.12. The molecule has 5 nitrogen and oxygen atoms in total. The maximum absolute atomic E-state index is 12.9. The number of amides is 1. The quantitative estimate of drug-likeness (QED) is 0.680. The maximum atomic E-state index is 12.9. The van der Waals surface area contributed by atoms with Crippen LogP contribution in [0.2, 0.25) is 0 Å². The minimum absolute atomic E-state index is 0.205. The van der Waals surface area contributed by atoms with E-state index in [1.807, 2.05) is 24.3 Å². The number of benzene rings is 1. The van der Waals surface area contributed by atoms with Gasteiger partial charge in [-0.2, -0.15) is 5.26 Å². The van der Waals surface area contributed by atoms with Crippen molar-refractivity contribution in [2.24, 2.45) is 5.92 Å². The molecule has 1 amide bonds. The Morgan fingerprint density at radius 2 is 2.11 bits per heavy atom. The molecule has 6 heteroatoms. The standard InChI is InChI=1S/C22H24N2O3S/c1-15-9-10-19-17(13-15)14-20(28-19)22(26)27-16(2)21(25)24(12-6-11-23)18-7-4-3-5-8-18/h3-5,7-8,14-16H,6,9-10,12-13H2,1-2H3/t15-,16+/m1/s1. The number of nitrogens with zero attached hydrogens (tertiary/aromatic N) is 2. The van der Waals surface area contributed by atoms with Crippen molar-refractivity contribution in [1.82, 2.24) is 0 Å². The molecule has 0 bridgehead atoms. The molecule has 0 aliphatic heterocycles. The van der Waals surface area contributed by atoms with E-state index in [2.05, 4.69) is 13.0 Å². The van der Waals surface area contributed by atoms with Crippen molar-refractivity contribution in [3.8, 4) is 6.07 Å². The number of carbonyl (C=O) groups is 2. The Morgan fingerprint density at radius 1 is 1.36 bits per heavy atom. The van der Waals surface area contributed by atoms with E-state index < -0.39 is 12.1 Å². The molecule has 0 N–H and O–H groups in total. The van der Waals surface area contributed by atoms with Crippen LogP contribution >= 0.6 is 11.3 Å². The second kappa shape index (κ2) is 9.03. The van der Waals surface area contributed by atoms with Crippen molar-refractivity contribution in [2.75, 3.05) is 11.4 Å². The van der Waals surface area contributed by atoms with Gasteiger partial charge in [0.25, 0.3) is 5.91 Å². The number of nitriles is 1. The summed E-state index contributed by atoms with van der Waals surface area (Å²) in [6, 6.07) is 13.1. The van der Waals surface area contributed by atoms with Gasteiger partial charge in [-0.25, -0.2) is 4.79 Å². The molecule has 0 radical (unpaired) electrons. The number of fused-ring (bicyclic) bond motifs is 1. The van der Waals surface area contributed by atoms with Gasteiger partial charge in [-0.1, -0.05) is 25.1 Å². The molecule has 1 heterocycles. The van der Waals surface area contributed by atoms with Crippen LogP contribution in [0.5, 0.6) is 0 Å². The van der Waals surface area contributed by atoms with Crippen LogP contribution in [0, 0.1) is 17.2 Å². The van der Waals surface area contributed by atoms with Crippen molar-refractivity contribution in [1.29, 1.82) is 5.26 Å². The van der Waals surface area contributed by atoms with Gasteiger partial charge in [0.2, 0.25) is 0 Å². The third kappa shape index (κ3) is 4.60. The molecular weight excluding hydrogens is 372 g/mol. The van der Waals surface area contributed by atoms with Crippen LogP contribution in [0.3, 0.4) is 0 Å². The number of thiophene rings is 1. The van der Waals surface area contributed by atoms with Crippen LogP contribution in [-0.4, -0.2) is 24.5 Å². The topological polar surface area (TPSA) is 70.4 Å². The van der Waals surface area contributed by atoms with Gasteiger partial charge in [0.05, 0.1) is 12.5 Å². The summed E-state index contributed by atoms with van der Waals surface area (Å²) in [6.45, 7) is 4.06. The van der Waals surface area contributed by atoms with E-state index >= 15 is 0 Å². The number of hydrogen-bond acceptors (Lipinski definition) is 5. The summed E-state index contributed by atoms with van der Waals surface area (Å²) in [7, 11) is 0. The van der Waals surface area contributed by atoms with E-state index in [-0.39, 0.29) is 18.9 Å². The van der Waals surface area contributed by atoms with Gasteiger partial charge in [-0.05, 0) is 55.9 Å². The fourth-order valence-electron chi connectivity index (χ4n) is 3.43. The second-order valence-electron chi connectivity index (χ2n) is 7.19. The van der Waals surface area contributed by atoms with Crippen LogP contribution in [0.15, 0.2) is 36.4 Å². The molecule has 28 heavy (non-hydrogen) atoms. The first-order chi connectivity index (χ1) is 13.5. The summed E-state index contributed by atoms with van der Waals surface area (Å²) in [5.74, 6) is -0.156. The van der Waals surface area contributed by atoms with Gasteiger partial charge in [0.1, 0.15) is 4.88 Å². The van der Waals surface area contributed by atoms with E-state index in [0.717, 1.165) is 19.3 Å². The molecule has 1 aromatic carbocycles. The normalized spacial score (nSPS) is 16.5. The Bertz CT molecular complexity index is 885. The molecule has 2 aromatic rings. The molecule has 1 aromatic heterocycles. The third-order valence-electron chi connectivity index (χ3n) is 4.94. The largest absolute Gasteiger partial charge is 0.448 e. The number of rotatable bonds is 6. The van der Waals surface area contributed by atoms with Gasteiger partial charge < -0.3 is 9.64 Å². The van der Waals surface area contributed by atoms with Crippen LogP contribution in [0.25, 0.3) is 0 Å². The number of para-hydroxylation sites is 1. The smallest absolute Gasteiger partial charge is 0.349 e. The highest BCUT2D eigenvalue weighted by Gasteiger charge is 2.27. The van der Waals surface area contributed by atoms with Crippen LogP contribution in [-0.2, 0) is 22.4 Å². The van der Waals surface area contributed by atoms with Crippen molar-refractivity contribution in [3.63, 3.8) is 0 Å². The summed E-state index contributed by atoms with van der Waals surface area (Å²) in [6.07, 6.45) is 2.41. The third-order valence-corrected chi connectivity index (χ3v) is 6.16. The van der Waals surface area contributed by atoms with E-state index in [4.69, 9.17) is 10.00 Å². The van der Waals surface area contributed by atoms with Gasteiger partial charge in [-0.3, -0.25) is 4.79 Å². The van der Waals surface area contributed by atoms with E-state index in [0.29, 0.717) is 16.5 Å².